The average Bonchev–Trinajstić information content (AvgIpc) is 2.46. The highest BCUT2D eigenvalue weighted by Crippen LogP contribution is 2.09. The molecule has 0 aromatic heterocycles. The summed E-state index contributed by atoms with van der Waals surface area (Å²) in [4.78, 5) is 19.1. The Hall–Kier alpha value is -0.650. The summed E-state index contributed by atoms with van der Waals surface area (Å²) < 4.78 is 0. The fraction of sp³-hybridized carbons (Fsp3) is 0.929. The Balaban J connectivity index is 1.69. The van der Waals surface area contributed by atoms with Crippen LogP contribution in [0.1, 0.15) is 20.3 Å². The maximum Gasteiger partial charge on any atom is 0.223 e. The van der Waals surface area contributed by atoms with Gasteiger partial charge in [-0.2, -0.15) is 0 Å². The zero-order valence-corrected chi connectivity index (χ0v) is 12.4. The highest BCUT2D eigenvalue weighted by molar-refractivity contribution is 5.76. The molecule has 1 N–H and O–H groups in total. The van der Waals surface area contributed by atoms with Crippen molar-refractivity contribution in [1.29, 1.82) is 0 Å². The van der Waals surface area contributed by atoms with Crippen LogP contribution in [0.4, 0.5) is 0 Å². The van der Waals surface area contributed by atoms with E-state index in [0.717, 1.165) is 58.9 Å². The third-order valence-corrected chi connectivity index (χ3v) is 4.37. The molecule has 2 fully saturated rings. The van der Waals surface area contributed by atoms with Gasteiger partial charge in [0.25, 0.3) is 0 Å². The number of hydrogen-bond donors (Lipinski definition) is 1. The normalized spacial score (nSPS) is 26.6. The van der Waals surface area contributed by atoms with Crippen LogP contribution in [0.15, 0.2) is 0 Å². The van der Waals surface area contributed by atoms with Gasteiger partial charge in [-0.05, 0) is 13.5 Å². The average molecular weight is 268 g/mol. The van der Waals surface area contributed by atoms with E-state index in [1.807, 2.05) is 4.90 Å². The minimum Gasteiger partial charge on any atom is -0.340 e. The van der Waals surface area contributed by atoms with Gasteiger partial charge in [0.05, 0.1) is 0 Å². The predicted octanol–water partition coefficient (Wildman–Crippen LogP) is -0.166. The van der Waals surface area contributed by atoms with Gasteiger partial charge in [-0.3, -0.25) is 9.69 Å². The van der Waals surface area contributed by atoms with Crippen LogP contribution in [0.25, 0.3) is 0 Å². The first-order valence-corrected chi connectivity index (χ1v) is 7.65. The molecule has 0 bridgehead atoms. The van der Waals surface area contributed by atoms with Crippen LogP contribution < -0.4 is 5.32 Å². The molecule has 1 atom stereocenters. The van der Waals surface area contributed by atoms with Gasteiger partial charge in [0.15, 0.2) is 0 Å². The third-order valence-electron chi connectivity index (χ3n) is 4.37. The number of carbonyl (C=O) groups excluding carboxylic acids is 1. The molecule has 0 aromatic carbocycles. The van der Waals surface area contributed by atoms with E-state index in [2.05, 4.69) is 29.0 Å². The van der Waals surface area contributed by atoms with Gasteiger partial charge >= 0.3 is 0 Å². The fourth-order valence-electron chi connectivity index (χ4n) is 3.07. The first-order chi connectivity index (χ1) is 9.20. The van der Waals surface area contributed by atoms with Crippen LogP contribution in [0.3, 0.4) is 0 Å². The standard InChI is InChI=1S/C14H28N4O/c1-3-17-11-10-16(12-13(17)2)7-4-14(19)18-8-5-15-6-9-18/h13,15H,3-12H2,1-2H3. The lowest BCUT2D eigenvalue weighted by molar-refractivity contribution is -0.132. The van der Waals surface area contributed by atoms with Gasteiger partial charge in [0.1, 0.15) is 0 Å². The molecule has 110 valence electrons. The summed E-state index contributed by atoms with van der Waals surface area (Å²) in [5.74, 6) is 0.326. The van der Waals surface area contributed by atoms with E-state index in [4.69, 9.17) is 0 Å². The molecule has 0 radical (unpaired) electrons. The second kappa shape index (κ2) is 7.22. The lowest BCUT2D eigenvalue weighted by Crippen LogP contribution is -2.52. The maximum atomic E-state index is 12.1. The van der Waals surface area contributed by atoms with Crippen molar-refractivity contribution in [3.63, 3.8) is 0 Å². The number of piperazine rings is 2. The van der Waals surface area contributed by atoms with Crippen LogP contribution in [0.5, 0.6) is 0 Å². The second-order valence-corrected chi connectivity index (χ2v) is 5.66. The Morgan fingerprint density at radius 1 is 1.21 bits per heavy atom. The first-order valence-electron chi connectivity index (χ1n) is 7.65. The Morgan fingerprint density at radius 2 is 1.95 bits per heavy atom. The molecule has 2 rings (SSSR count). The van der Waals surface area contributed by atoms with E-state index in [9.17, 15) is 4.79 Å². The van der Waals surface area contributed by atoms with E-state index < -0.39 is 0 Å². The fourth-order valence-corrected chi connectivity index (χ4v) is 3.07. The number of hydrogen-bond acceptors (Lipinski definition) is 4. The van der Waals surface area contributed by atoms with Crippen LogP contribution in [-0.4, -0.2) is 85.6 Å². The molecular weight excluding hydrogens is 240 g/mol. The number of carbonyl (C=O) groups is 1. The van der Waals surface area contributed by atoms with Crippen LogP contribution in [-0.2, 0) is 4.79 Å². The molecule has 0 aliphatic carbocycles. The molecule has 5 nitrogen and oxygen atoms in total. The molecular formula is C14H28N4O. The number of nitrogens with one attached hydrogen (secondary N) is 1. The van der Waals surface area contributed by atoms with Crippen molar-refractivity contribution in [2.75, 3.05) is 58.9 Å². The van der Waals surface area contributed by atoms with Crippen molar-refractivity contribution < 1.29 is 4.79 Å². The molecule has 1 amide bonds. The first kappa shape index (κ1) is 14.8. The quantitative estimate of drug-likeness (QED) is 0.769. The number of likely N-dealkylation sites (N-methyl/N-ethyl adjacent to an activating group) is 1. The SMILES string of the molecule is CCN1CCN(CCC(=O)N2CCNCC2)CC1C. The smallest absolute Gasteiger partial charge is 0.223 e. The topological polar surface area (TPSA) is 38.8 Å². The van der Waals surface area contributed by atoms with Crippen molar-refractivity contribution in [2.45, 2.75) is 26.3 Å². The molecule has 0 aromatic rings. The van der Waals surface area contributed by atoms with Crippen LogP contribution in [0, 0.1) is 0 Å². The van der Waals surface area contributed by atoms with Crippen molar-refractivity contribution in [1.82, 2.24) is 20.0 Å². The number of rotatable bonds is 4. The summed E-state index contributed by atoms with van der Waals surface area (Å²) in [6, 6.07) is 0.619. The third kappa shape index (κ3) is 4.16. The Bertz CT molecular complexity index is 291. The highest BCUT2D eigenvalue weighted by atomic mass is 16.2. The number of nitrogens with zero attached hydrogens (tertiary/aromatic N) is 3. The molecule has 19 heavy (non-hydrogen) atoms. The molecule has 2 heterocycles. The largest absolute Gasteiger partial charge is 0.340 e. The minimum absolute atomic E-state index is 0.326. The van der Waals surface area contributed by atoms with Gasteiger partial charge in [0, 0.05) is 64.8 Å². The van der Waals surface area contributed by atoms with Gasteiger partial charge in [0.2, 0.25) is 5.91 Å². The molecule has 2 saturated heterocycles. The molecule has 2 aliphatic rings. The molecule has 2 aliphatic heterocycles. The lowest BCUT2D eigenvalue weighted by atomic mass is 10.2. The molecule has 1 unspecified atom stereocenters. The minimum atomic E-state index is 0.326. The summed E-state index contributed by atoms with van der Waals surface area (Å²) >= 11 is 0. The zero-order valence-electron chi connectivity index (χ0n) is 12.4. The summed E-state index contributed by atoms with van der Waals surface area (Å²) in [6.07, 6.45) is 0.679. The van der Waals surface area contributed by atoms with E-state index in [0.29, 0.717) is 18.4 Å². The van der Waals surface area contributed by atoms with Crippen molar-refractivity contribution >= 4 is 5.91 Å². The Kier molecular flexibility index (Phi) is 5.60. The van der Waals surface area contributed by atoms with Crippen molar-refractivity contribution in [3.05, 3.63) is 0 Å². The van der Waals surface area contributed by atoms with Gasteiger partial charge < -0.3 is 15.1 Å². The Labute approximate surface area is 116 Å². The number of amides is 1. The second-order valence-electron chi connectivity index (χ2n) is 5.66. The summed E-state index contributed by atoms with van der Waals surface area (Å²) in [6.45, 7) is 13.5. The van der Waals surface area contributed by atoms with E-state index in [-0.39, 0.29) is 0 Å². The Morgan fingerprint density at radius 3 is 2.58 bits per heavy atom. The van der Waals surface area contributed by atoms with Gasteiger partial charge in [-0.1, -0.05) is 6.92 Å². The van der Waals surface area contributed by atoms with E-state index in [1.54, 1.807) is 0 Å². The summed E-state index contributed by atoms with van der Waals surface area (Å²) in [5.41, 5.74) is 0. The van der Waals surface area contributed by atoms with E-state index in [1.165, 1.54) is 0 Å². The predicted molar refractivity (Wildman–Crippen MR) is 77.2 cm³/mol. The molecule has 0 saturated carbocycles. The van der Waals surface area contributed by atoms with Crippen molar-refractivity contribution in [2.24, 2.45) is 0 Å². The molecule has 5 heteroatoms. The summed E-state index contributed by atoms with van der Waals surface area (Å²) in [5, 5.41) is 3.28. The van der Waals surface area contributed by atoms with E-state index >= 15 is 0 Å². The van der Waals surface area contributed by atoms with Crippen LogP contribution in [0.2, 0.25) is 0 Å². The molecule has 0 spiro atoms. The van der Waals surface area contributed by atoms with Gasteiger partial charge in [-0.25, -0.2) is 0 Å². The van der Waals surface area contributed by atoms with Gasteiger partial charge in [-0.15, -0.1) is 0 Å². The van der Waals surface area contributed by atoms with Crippen molar-refractivity contribution in [3.8, 4) is 0 Å². The highest BCUT2D eigenvalue weighted by Gasteiger charge is 2.23. The zero-order chi connectivity index (χ0) is 13.7. The lowest BCUT2D eigenvalue weighted by Gasteiger charge is -2.39. The van der Waals surface area contributed by atoms with Crippen LogP contribution >= 0.6 is 0 Å². The monoisotopic (exact) mass is 268 g/mol. The summed E-state index contributed by atoms with van der Waals surface area (Å²) in [7, 11) is 0. The maximum absolute atomic E-state index is 12.1.